The zero-order valence-corrected chi connectivity index (χ0v) is 13.9. The first-order chi connectivity index (χ1) is 10.1. The lowest BCUT2D eigenvalue weighted by atomic mass is 10.1. The number of halogens is 1. The van der Waals surface area contributed by atoms with E-state index in [1.165, 1.54) is 0 Å². The molecule has 21 heavy (non-hydrogen) atoms. The van der Waals surface area contributed by atoms with Crippen LogP contribution in [-0.4, -0.2) is 36.5 Å². The largest absolute Gasteiger partial charge is 0.449 e. The summed E-state index contributed by atoms with van der Waals surface area (Å²) in [5.41, 5.74) is 0.459. The van der Waals surface area contributed by atoms with E-state index >= 15 is 0 Å². The van der Waals surface area contributed by atoms with E-state index in [2.05, 4.69) is 21.2 Å². The van der Waals surface area contributed by atoms with Crippen LogP contribution in [0.2, 0.25) is 0 Å². The van der Waals surface area contributed by atoms with Crippen LogP contribution in [0.5, 0.6) is 0 Å². The molecule has 1 amide bonds. The molecule has 0 saturated heterocycles. The minimum absolute atomic E-state index is 0.317. The van der Waals surface area contributed by atoms with E-state index in [0.29, 0.717) is 17.7 Å². The zero-order valence-electron chi connectivity index (χ0n) is 11.5. The smallest absolute Gasteiger partial charge is 0.329 e. The highest BCUT2D eigenvalue weighted by atomic mass is 79.9. The predicted molar refractivity (Wildman–Crippen MR) is 85.0 cm³/mol. The van der Waals surface area contributed by atoms with Crippen LogP contribution in [0.4, 0.5) is 0 Å². The second-order valence-corrected chi connectivity index (χ2v) is 5.98. The first kappa shape index (κ1) is 17.5. The van der Waals surface area contributed by atoms with Crippen LogP contribution >= 0.6 is 27.7 Å². The molecule has 0 aromatic heterocycles. The van der Waals surface area contributed by atoms with Crippen LogP contribution in [0.15, 0.2) is 28.7 Å². The predicted octanol–water partition coefficient (Wildman–Crippen LogP) is 2.37. The number of ether oxygens (including phenoxy) is 1. The van der Waals surface area contributed by atoms with Crippen LogP contribution in [0.1, 0.15) is 16.8 Å². The fraction of sp³-hybridized carbons (Fsp3) is 0.357. The molecule has 1 aromatic carbocycles. The third kappa shape index (κ3) is 6.19. The van der Waals surface area contributed by atoms with Crippen LogP contribution in [0, 0.1) is 11.3 Å². The molecule has 0 spiro atoms. The van der Waals surface area contributed by atoms with E-state index in [1.807, 2.05) is 6.26 Å². The van der Waals surface area contributed by atoms with Gasteiger partial charge in [-0.15, -0.1) is 0 Å². The van der Waals surface area contributed by atoms with Gasteiger partial charge >= 0.3 is 5.97 Å². The molecule has 0 aliphatic rings. The Morgan fingerprint density at radius 2 is 2.10 bits per heavy atom. The summed E-state index contributed by atoms with van der Waals surface area (Å²) in [6.07, 6.45) is 2.36. The Labute approximate surface area is 136 Å². The van der Waals surface area contributed by atoms with Crippen molar-refractivity contribution in [3.63, 3.8) is 0 Å². The number of nitriles is 1. The van der Waals surface area contributed by atoms with Gasteiger partial charge in [-0.05, 0) is 42.7 Å². The second kappa shape index (κ2) is 9.42. The van der Waals surface area contributed by atoms with Crippen LogP contribution in [0.25, 0.3) is 0 Å². The Morgan fingerprint density at radius 3 is 2.67 bits per heavy atom. The lowest BCUT2D eigenvalue weighted by Gasteiger charge is -2.16. The molecule has 0 bridgehead atoms. The van der Waals surface area contributed by atoms with Crippen molar-refractivity contribution >= 4 is 39.6 Å². The number of carbonyl (C=O) groups excluding carboxylic acids is 2. The first-order valence-electron chi connectivity index (χ1n) is 6.17. The number of nitrogens with one attached hydrogen (secondary N) is 1. The summed E-state index contributed by atoms with van der Waals surface area (Å²) >= 11 is 4.86. The lowest BCUT2D eigenvalue weighted by Crippen LogP contribution is -2.42. The van der Waals surface area contributed by atoms with Gasteiger partial charge in [0.05, 0.1) is 0 Å². The van der Waals surface area contributed by atoms with E-state index in [9.17, 15) is 9.59 Å². The minimum Gasteiger partial charge on any atom is -0.449 e. The van der Waals surface area contributed by atoms with E-state index in [0.717, 1.165) is 4.47 Å². The van der Waals surface area contributed by atoms with Crippen molar-refractivity contribution in [1.82, 2.24) is 5.32 Å². The number of hydrogen-bond acceptors (Lipinski definition) is 5. The van der Waals surface area contributed by atoms with Gasteiger partial charge in [0, 0.05) is 10.0 Å². The molecular weight excluding hydrogens is 356 g/mol. The summed E-state index contributed by atoms with van der Waals surface area (Å²) < 4.78 is 5.64. The van der Waals surface area contributed by atoms with Gasteiger partial charge < -0.3 is 10.1 Å². The SMILES string of the molecule is CSCCC(NC(=O)c1ccc(Br)cc1)C(=O)OCC#N. The third-order valence-electron chi connectivity index (χ3n) is 2.59. The summed E-state index contributed by atoms with van der Waals surface area (Å²) in [6, 6.07) is 7.80. The monoisotopic (exact) mass is 370 g/mol. The number of amides is 1. The van der Waals surface area contributed by atoms with Gasteiger partial charge in [-0.25, -0.2) is 4.79 Å². The van der Waals surface area contributed by atoms with Crippen LogP contribution in [-0.2, 0) is 9.53 Å². The summed E-state index contributed by atoms with van der Waals surface area (Å²) in [4.78, 5) is 23.9. The van der Waals surface area contributed by atoms with Crippen molar-refractivity contribution in [2.24, 2.45) is 0 Å². The maximum atomic E-state index is 12.1. The fourth-order valence-corrected chi connectivity index (χ4v) is 2.27. The first-order valence-corrected chi connectivity index (χ1v) is 8.36. The molecule has 1 atom stereocenters. The number of nitrogens with zero attached hydrogens (tertiary/aromatic N) is 1. The Morgan fingerprint density at radius 1 is 1.43 bits per heavy atom. The maximum Gasteiger partial charge on any atom is 0.329 e. The normalized spacial score (nSPS) is 11.3. The number of carbonyl (C=O) groups is 2. The van der Waals surface area contributed by atoms with Gasteiger partial charge in [-0.2, -0.15) is 17.0 Å². The van der Waals surface area contributed by atoms with Gasteiger partial charge in [0.1, 0.15) is 12.1 Å². The van der Waals surface area contributed by atoms with Crippen LogP contribution < -0.4 is 5.32 Å². The van der Waals surface area contributed by atoms with Crippen molar-refractivity contribution in [3.05, 3.63) is 34.3 Å². The molecule has 0 saturated carbocycles. The Kier molecular flexibility index (Phi) is 7.87. The van der Waals surface area contributed by atoms with E-state index in [4.69, 9.17) is 10.00 Å². The zero-order chi connectivity index (χ0) is 15.7. The van der Waals surface area contributed by atoms with Crippen molar-refractivity contribution in [2.45, 2.75) is 12.5 Å². The van der Waals surface area contributed by atoms with Gasteiger partial charge in [0.2, 0.25) is 0 Å². The molecule has 0 aliphatic carbocycles. The maximum absolute atomic E-state index is 12.1. The summed E-state index contributed by atoms with van der Waals surface area (Å²) in [6.45, 7) is -0.317. The molecule has 7 heteroatoms. The summed E-state index contributed by atoms with van der Waals surface area (Å²) in [5, 5.41) is 11.1. The molecule has 1 aromatic rings. The molecule has 112 valence electrons. The van der Waals surface area contributed by atoms with Gasteiger partial charge in [0.15, 0.2) is 6.61 Å². The van der Waals surface area contributed by atoms with E-state index < -0.39 is 12.0 Å². The fourth-order valence-electron chi connectivity index (χ4n) is 1.53. The molecular formula is C14H15BrN2O3S. The lowest BCUT2D eigenvalue weighted by molar-refractivity contribution is -0.144. The number of esters is 1. The highest BCUT2D eigenvalue weighted by Gasteiger charge is 2.22. The summed E-state index contributed by atoms with van der Waals surface area (Å²) in [5.74, 6) is -0.231. The standard InChI is InChI=1S/C14H15BrN2O3S/c1-21-9-6-12(14(19)20-8-7-16)17-13(18)10-2-4-11(15)5-3-10/h2-5,12H,6,8-9H2,1H3,(H,17,18). The molecule has 5 nitrogen and oxygen atoms in total. The van der Waals surface area contributed by atoms with Crippen molar-refractivity contribution in [1.29, 1.82) is 5.26 Å². The quantitative estimate of drug-likeness (QED) is 0.745. The highest BCUT2D eigenvalue weighted by molar-refractivity contribution is 9.10. The van der Waals surface area contributed by atoms with Crippen LogP contribution in [0.3, 0.4) is 0 Å². The molecule has 1 rings (SSSR count). The number of hydrogen-bond donors (Lipinski definition) is 1. The molecule has 0 fully saturated rings. The van der Waals surface area contributed by atoms with Gasteiger partial charge in [0.25, 0.3) is 5.91 Å². The topological polar surface area (TPSA) is 79.2 Å². The highest BCUT2D eigenvalue weighted by Crippen LogP contribution is 2.11. The van der Waals surface area contributed by atoms with Gasteiger partial charge in [-0.3, -0.25) is 4.79 Å². The Hall–Kier alpha value is -1.52. The number of thioether (sulfide) groups is 1. The average molecular weight is 371 g/mol. The van der Waals surface area contributed by atoms with E-state index in [-0.39, 0.29) is 12.5 Å². The third-order valence-corrected chi connectivity index (χ3v) is 3.76. The second-order valence-electron chi connectivity index (χ2n) is 4.08. The van der Waals surface area contributed by atoms with E-state index in [1.54, 1.807) is 42.1 Å². The molecule has 0 heterocycles. The van der Waals surface area contributed by atoms with Gasteiger partial charge in [-0.1, -0.05) is 15.9 Å². The number of rotatable bonds is 7. The van der Waals surface area contributed by atoms with Crippen molar-refractivity contribution in [2.75, 3.05) is 18.6 Å². The van der Waals surface area contributed by atoms with Crippen molar-refractivity contribution in [3.8, 4) is 6.07 Å². The Balaban J connectivity index is 2.70. The van der Waals surface area contributed by atoms with Crippen molar-refractivity contribution < 1.29 is 14.3 Å². The average Bonchev–Trinajstić information content (AvgIpc) is 2.49. The molecule has 0 aliphatic heterocycles. The summed E-state index contributed by atoms with van der Waals surface area (Å²) in [7, 11) is 0. The molecule has 1 N–H and O–H groups in total. The minimum atomic E-state index is -0.748. The Bertz CT molecular complexity index is 528. The molecule has 0 radical (unpaired) electrons. The molecule has 1 unspecified atom stereocenters. The number of benzene rings is 1.